The number of nitrogens with zero attached hydrogens (tertiary/aromatic N) is 3. The molecule has 0 fully saturated rings. The Labute approximate surface area is 219 Å². The highest BCUT2D eigenvalue weighted by atomic mass is 32.1. The summed E-state index contributed by atoms with van der Waals surface area (Å²) in [5.41, 5.74) is 5.85. The van der Waals surface area contributed by atoms with Gasteiger partial charge in [-0.25, -0.2) is 4.39 Å². The van der Waals surface area contributed by atoms with Crippen molar-refractivity contribution in [1.29, 1.82) is 5.26 Å². The Morgan fingerprint density at radius 3 is 2.59 bits per heavy atom. The molecule has 0 saturated carbocycles. The van der Waals surface area contributed by atoms with Gasteiger partial charge in [-0.1, -0.05) is 61.5 Å². The molecule has 4 nitrogen and oxygen atoms in total. The van der Waals surface area contributed by atoms with Crippen molar-refractivity contribution < 1.29 is 9.18 Å². The average Bonchev–Trinajstić information content (AvgIpc) is 3.45. The van der Waals surface area contributed by atoms with Crippen molar-refractivity contribution >= 4 is 28.0 Å². The molecule has 0 N–H and O–H groups in total. The summed E-state index contributed by atoms with van der Waals surface area (Å²) in [7, 11) is 0. The van der Waals surface area contributed by atoms with Crippen molar-refractivity contribution in [3.8, 4) is 17.2 Å². The predicted octanol–water partition coefficient (Wildman–Crippen LogP) is 7.38. The molecule has 1 heterocycles. The van der Waals surface area contributed by atoms with Gasteiger partial charge in [0.1, 0.15) is 5.82 Å². The van der Waals surface area contributed by atoms with Crippen LogP contribution in [0.1, 0.15) is 38.8 Å². The van der Waals surface area contributed by atoms with Gasteiger partial charge in [-0.3, -0.25) is 9.78 Å². The maximum Gasteiger partial charge on any atom is 0.254 e. The number of carbonyl (C=O) groups excluding carboxylic acids is 1. The lowest BCUT2D eigenvalue weighted by molar-refractivity contribution is 0.0731. The molecule has 0 bridgehead atoms. The van der Waals surface area contributed by atoms with Crippen LogP contribution in [-0.2, 0) is 19.5 Å². The standard InChI is InChI=1S/C31H24FN3OS/c1-2-22-12-13-24(15-30(22)32)31(36)35(19-26-17-34-20-37-26)18-21-10-11-25(16-33)29(14-21)28-9-5-7-23-6-3-4-8-27(23)28/h3-15,17,20H,2,18-19H2,1H3. The van der Waals surface area contributed by atoms with E-state index in [1.54, 1.807) is 34.8 Å². The topological polar surface area (TPSA) is 57.0 Å². The molecule has 0 radical (unpaired) electrons. The molecule has 5 aromatic rings. The Kier molecular flexibility index (Phi) is 7.07. The summed E-state index contributed by atoms with van der Waals surface area (Å²) in [6.07, 6.45) is 2.30. The number of fused-ring (bicyclic) bond motifs is 1. The molecule has 0 spiro atoms. The minimum absolute atomic E-state index is 0.258. The molecule has 4 aromatic carbocycles. The number of rotatable bonds is 7. The van der Waals surface area contributed by atoms with Crippen LogP contribution in [0.25, 0.3) is 21.9 Å². The molecule has 0 aliphatic carbocycles. The zero-order chi connectivity index (χ0) is 25.8. The third-order valence-corrected chi connectivity index (χ3v) is 7.22. The molecule has 0 aliphatic rings. The summed E-state index contributed by atoms with van der Waals surface area (Å²) in [6.45, 7) is 2.54. The quantitative estimate of drug-likeness (QED) is 0.232. The van der Waals surface area contributed by atoms with E-state index in [1.165, 1.54) is 17.4 Å². The van der Waals surface area contributed by atoms with Crippen molar-refractivity contribution in [2.45, 2.75) is 26.4 Å². The van der Waals surface area contributed by atoms with E-state index < -0.39 is 0 Å². The van der Waals surface area contributed by atoms with Gasteiger partial charge in [0.05, 0.1) is 23.7 Å². The van der Waals surface area contributed by atoms with E-state index in [1.807, 2.05) is 61.5 Å². The van der Waals surface area contributed by atoms with Gasteiger partial charge in [-0.05, 0) is 58.1 Å². The van der Waals surface area contributed by atoms with Crippen LogP contribution >= 0.6 is 11.3 Å². The maximum absolute atomic E-state index is 14.5. The van der Waals surface area contributed by atoms with E-state index in [4.69, 9.17) is 0 Å². The number of halogens is 1. The van der Waals surface area contributed by atoms with Crippen molar-refractivity contribution in [2.75, 3.05) is 0 Å². The van der Waals surface area contributed by atoms with E-state index >= 15 is 0 Å². The molecule has 1 amide bonds. The second-order valence-electron chi connectivity index (χ2n) is 8.81. The summed E-state index contributed by atoms with van der Waals surface area (Å²) in [5, 5.41) is 12.0. The minimum Gasteiger partial charge on any atom is -0.329 e. The van der Waals surface area contributed by atoms with Crippen LogP contribution in [0.3, 0.4) is 0 Å². The van der Waals surface area contributed by atoms with Crippen LogP contribution in [0.2, 0.25) is 0 Å². The van der Waals surface area contributed by atoms with Gasteiger partial charge in [0, 0.05) is 28.7 Å². The zero-order valence-corrected chi connectivity index (χ0v) is 21.1. The van der Waals surface area contributed by atoms with Crippen molar-refractivity contribution in [3.63, 3.8) is 0 Å². The summed E-state index contributed by atoms with van der Waals surface area (Å²) >= 11 is 1.47. The summed E-state index contributed by atoms with van der Waals surface area (Å²) in [5.74, 6) is -0.631. The highest BCUT2D eigenvalue weighted by Gasteiger charge is 2.20. The molecule has 0 saturated heterocycles. The monoisotopic (exact) mass is 505 g/mol. The number of aromatic nitrogens is 1. The van der Waals surface area contributed by atoms with Gasteiger partial charge < -0.3 is 4.90 Å². The molecule has 6 heteroatoms. The van der Waals surface area contributed by atoms with Crippen LogP contribution in [0.4, 0.5) is 4.39 Å². The van der Waals surface area contributed by atoms with Crippen LogP contribution in [0.15, 0.2) is 90.6 Å². The van der Waals surface area contributed by atoms with E-state index in [0.29, 0.717) is 36.2 Å². The first kappa shape index (κ1) is 24.4. The number of benzene rings is 4. The molecular formula is C31H24FN3OS. The first-order chi connectivity index (χ1) is 18.1. The van der Waals surface area contributed by atoms with Gasteiger partial charge in [-0.2, -0.15) is 5.26 Å². The van der Waals surface area contributed by atoms with E-state index in [0.717, 1.165) is 32.3 Å². The second-order valence-corrected chi connectivity index (χ2v) is 9.78. The smallest absolute Gasteiger partial charge is 0.254 e. The normalized spacial score (nSPS) is 10.8. The van der Waals surface area contributed by atoms with Gasteiger partial charge in [0.15, 0.2) is 0 Å². The number of nitriles is 1. The minimum atomic E-state index is -0.372. The van der Waals surface area contributed by atoms with Crippen LogP contribution < -0.4 is 0 Å². The van der Waals surface area contributed by atoms with E-state index in [-0.39, 0.29) is 11.7 Å². The second kappa shape index (κ2) is 10.7. The number of hydrogen-bond acceptors (Lipinski definition) is 4. The van der Waals surface area contributed by atoms with Gasteiger partial charge in [0.25, 0.3) is 5.91 Å². The Morgan fingerprint density at radius 2 is 1.84 bits per heavy atom. The fourth-order valence-corrected chi connectivity index (χ4v) is 5.16. The van der Waals surface area contributed by atoms with Crippen molar-refractivity contribution in [2.24, 2.45) is 0 Å². The number of thiazole rings is 1. The van der Waals surface area contributed by atoms with Crippen LogP contribution in [-0.4, -0.2) is 15.8 Å². The van der Waals surface area contributed by atoms with Crippen LogP contribution in [0, 0.1) is 17.1 Å². The SMILES string of the molecule is CCc1ccc(C(=O)N(Cc2ccc(C#N)c(-c3cccc4ccccc34)c2)Cc2cncs2)cc1F. The first-order valence-electron chi connectivity index (χ1n) is 12.0. The summed E-state index contributed by atoms with van der Waals surface area (Å²) < 4.78 is 14.5. The molecular weight excluding hydrogens is 481 g/mol. The molecule has 0 atom stereocenters. The Morgan fingerprint density at radius 1 is 1.00 bits per heavy atom. The summed E-state index contributed by atoms with van der Waals surface area (Å²) in [6, 6.07) is 26.8. The first-order valence-corrected chi connectivity index (χ1v) is 12.9. The molecule has 1 aromatic heterocycles. The highest BCUT2D eigenvalue weighted by Crippen LogP contribution is 2.32. The van der Waals surface area contributed by atoms with Gasteiger partial charge in [-0.15, -0.1) is 11.3 Å². The van der Waals surface area contributed by atoms with Crippen molar-refractivity contribution in [3.05, 3.63) is 124 Å². The Bertz CT molecular complexity index is 1620. The van der Waals surface area contributed by atoms with Gasteiger partial charge in [0.2, 0.25) is 0 Å². The van der Waals surface area contributed by atoms with E-state index in [9.17, 15) is 14.4 Å². The van der Waals surface area contributed by atoms with Gasteiger partial charge >= 0.3 is 0 Å². The highest BCUT2D eigenvalue weighted by molar-refractivity contribution is 7.09. The lowest BCUT2D eigenvalue weighted by atomic mass is 9.93. The molecule has 5 rings (SSSR count). The van der Waals surface area contributed by atoms with Crippen molar-refractivity contribution in [1.82, 2.24) is 9.88 Å². The lowest BCUT2D eigenvalue weighted by Gasteiger charge is -2.23. The molecule has 0 aliphatic heterocycles. The predicted molar refractivity (Wildman–Crippen MR) is 146 cm³/mol. The number of hydrogen-bond donors (Lipinski definition) is 0. The lowest BCUT2D eigenvalue weighted by Crippen LogP contribution is -2.30. The number of aryl methyl sites for hydroxylation is 1. The third-order valence-electron chi connectivity index (χ3n) is 6.46. The fourth-order valence-electron chi connectivity index (χ4n) is 4.55. The zero-order valence-electron chi connectivity index (χ0n) is 20.3. The molecule has 37 heavy (non-hydrogen) atoms. The Hall–Kier alpha value is -4.34. The number of carbonyl (C=O) groups is 1. The Balaban J connectivity index is 1.54. The van der Waals surface area contributed by atoms with Crippen LogP contribution in [0.5, 0.6) is 0 Å². The number of amides is 1. The molecule has 0 unspecified atom stereocenters. The van der Waals surface area contributed by atoms with E-state index in [2.05, 4.69) is 11.1 Å². The maximum atomic E-state index is 14.5. The summed E-state index contributed by atoms with van der Waals surface area (Å²) in [4.78, 5) is 20.3. The molecule has 182 valence electrons. The third kappa shape index (κ3) is 5.13. The largest absolute Gasteiger partial charge is 0.329 e. The fraction of sp³-hybridized carbons (Fsp3) is 0.129. The average molecular weight is 506 g/mol.